The van der Waals surface area contributed by atoms with E-state index >= 15 is 0 Å². The third-order valence-corrected chi connectivity index (χ3v) is 6.87. The maximum atomic E-state index is 12.4. The van der Waals surface area contributed by atoms with Gasteiger partial charge in [-0.3, -0.25) is 4.98 Å². The molecular weight excluding hydrogens is 316 g/mol. The van der Waals surface area contributed by atoms with Crippen molar-refractivity contribution in [3.8, 4) is 10.6 Å². The second-order valence-electron chi connectivity index (χ2n) is 5.61. The summed E-state index contributed by atoms with van der Waals surface area (Å²) in [5.41, 5.74) is 1.79. The highest BCUT2D eigenvalue weighted by atomic mass is 32.2. The molecule has 0 aliphatic heterocycles. The van der Waals surface area contributed by atoms with Crippen LogP contribution >= 0.6 is 11.3 Å². The second kappa shape index (κ2) is 6.89. The third-order valence-electron chi connectivity index (χ3n) is 4.10. The lowest BCUT2D eigenvalue weighted by Crippen LogP contribution is -2.35. The van der Waals surface area contributed by atoms with Gasteiger partial charge in [0, 0.05) is 12.7 Å². The van der Waals surface area contributed by atoms with Crippen LogP contribution in [0.2, 0.25) is 0 Å². The Kier molecular flexibility index (Phi) is 4.90. The van der Waals surface area contributed by atoms with Crippen LogP contribution < -0.4 is 4.72 Å². The van der Waals surface area contributed by atoms with Gasteiger partial charge < -0.3 is 0 Å². The number of hydrogen-bond donors (Lipinski definition) is 1. The molecule has 0 saturated heterocycles. The predicted molar refractivity (Wildman–Crippen MR) is 90.2 cm³/mol. The quantitative estimate of drug-likeness (QED) is 0.908. The van der Waals surface area contributed by atoms with Gasteiger partial charge in [-0.1, -0.05) is 31.4 Å². The van der Waals surface area contributed by atoms with Crippen LogP contribution in [-0.2, 0) is 16.6 Å². The number of nitrogens with zero attached hydrogens (tertiary/aromatic N) is 1. The maximum absolute atomic E-state index is 12.4. The minimum atomic E-state index is -3.24. The van der Waals surface area contributed by atoms with Crippen molar-refractivity contribution in [2.75, 3.05) is 0 Å². The predicted octanol–water partition coefficient (Wildman–Crippen LogP) is 3.56. The first-order valence-electron chi connectivity index (χ1n) is 7.63. The van der Waals surface area contributed by atoms with E-state index in [2.05, 4.69) is 9.71 Å². The Morgan fingerprint density at radius 1 is 1.18 bits per heavy atom. The Labute approximate surface area is 135 Å². The molecule has 1 saturated carbocycles. The van der Waals surface area contributed by atoms with Gasteiger partial charge in [0.2, 0.25) is 10.0 Å². The van der Waals surface area contributed by atoms with Crippen LogP contribution in [0.25, 0.3) is 10.6 Å². The van der Waals surface area contributed by atoms with Crippen molar-refractivity contribution in [3.05, 3.63) is 41.4 Å². The molecule has 2 aromatic rings. The van der Waals surface area contributed by atoms with Gasteiger partial charge in [0.05, 0.1) is 15.8 Å². The summed E-state index contributed by atoms with van der Waals surface area (Å²) in [5.74, 6) is 0. The second-order valence-corrected chi connectivity index (χ2v) is 8.61. The molecule has 4 nitrogen and oxygen atoms in total. The zero-order valence-corrected chi connectivity index (χ0v) is 14.0. The first kappa shape index (κ1) is 15.6. The Bertz CT molecular complexity index is 706. The van der Waals surface area contributed by atoms with Crippen LogP contribution in [0.4, 0.5) is 0 Å². The molecule has 1 aliphatic rings. The Morgan fingerprint density at radius 3 is 2.73 bits per heavy atom. The normalized spacial score (nSPS) is 16.7. The molecule has 22 heavy (non-hydrogen) atoms. The summed E-state index contributed by atoms with van der Waals surface area (Å²) >= 11 is 1.61. The topological polar surface area (TPSA) is 59.1 Å². The summed E-state index contributed by atoms with van der Waals surface area (Å²) in [6.07, 6.45) is 6.48. The Hall–Kier alpha value is -1.24. The highest BCUT2D eigenvalue weighted by Crippen LogP contribution is 2.27. The molecule has 1 N–H and O–H groups in total. The van der Waals surface area contributed by atoms with Crippen molar-refractivity contribution in [3.63, 3.8) is 0 Å². The van der Waals surface area contributed by atoms with Crippen LogP contribution in [0.3, 0.4) is 0 Å². The van der Waals surface area contributed by atoms with E-state index in [9.17, 15) is 8.42 Å². The number of nitrogens with one attached hydrogen (secondary N) is 1. The first-order valence-corrected chi connectivity index (χ1v) is 10.1. The van der Waals surface area contributed by atoms with Crippen molar-refractivity contribution in [2.24, 2.45) is 0 Å². The van der Waals surface area contributed by atoms with Gasteiger partial charge in [0.15, 0.2) is 0 Å². The van der Waals surface area contributed by atoms with Gasteiger partial charge in [-0.25, -0.2) is 13.1 Å². The number of thiophene rings is 1. The average molecular weight is 336 g/mol. The van der Waals surface area contributed by atoms with Crippen LogP contribution in [0.5, 0.6) is 0 Å². The molecule has 118 valence electrons. The number of sulfonamides is 1. The largest absolute Gasteiger partial charge is 0.255 e. The van der Waals surface area contributed by atoms with Crippen LogP contribution in [0.1, 0.15) is 37.7 Å². The molecule has 0 unspecified atom stereocenters. The standard InChI is InChI=1S/C16H20N2O2S2/c19-22(20,14-7-2-1-3-8-14)18-12-13-6-4-10-17-16(13)15-9-5-11-21-15/h4-6,9-11,14,18H,1-3,7-8,12H2. The number of pyridine rings is 1. The molecule has 1 aliphatic carbocycles. The molecule has 3 rings (SSSR count). The summed E-state index contributed by atoms with van der Waals surface area (Å²) < 4.78 is 27.6. The van der Waals surface area contributed by atoms with Crippen LogP contribution in [-0.4, -0.2) is 18.7 Å². The zero-order valence-electron chi connectivity index (χ0n) is 12.4. The summed E-state index contributed by atoms with van der Waals surface area (Å²) in [4.78, 5) is 5.47. The summed E-state index contributed by atoms with van der Waals surface area (Å²) in [7, 11) is -3.24. The maximum Gasteiger partial charge on any atom is 0.214 e. The monoisotopic (exact) mass is 336 g/mol. The molecule has 0 aromatic carbocycles. The molecule has 0 amide bonds. The summed E-state index contributed by atoms with van der Waals surface area (Å²) in [5, 5.41) is 1.77. The fourth-order valence-electron chi connectivity index (χ4n) is 2.89. The van der Waals surface area contributed by atoms with E-state index in [1.165, 1.54) is 0 Å². The third kappa shape index (κ3) is 3.56. The molecule has 1 fully saturated rings. The van der Waals surface area contributed by atoms with E-state index in [0.717, 1.165) is 48.2 Å². The zero-order chi connectivity index (χ0) is 15.4. The van der Waals surface area contributed by atoms with Gasteiger partial charge in [-0.15, -0.1) is 11.3 Å². The van der Waals surface area contributed by atoms with Gasteiger partial charge in [0.25, 0.3) is 0 Å². The van der Waals surface area contributed by atoms with E-state index in [4.69, 9.17) is 0 Å². The molecule has 0 atom stereocenters. The molecule has 2 heterocycles. The Morgan fingerprint density at radius 2 is 2.00 bits per heavy atom. The number of hydrogen-bond acceptors (Lipinski definition) is 4. The molecule has 6 heteroatoms. The fourth-order valence-corrected chi connectivity index (χ4v) is 5.19. The lowest BCUT2D eigenvalue weighted by molar-refractivity contribution is 0.477. The van der Waals surface area contributed by atoms with E-state index in [1.54, 1.807) is 17.5 Å². The fraction of sp³-hybridized carbons (Fsp3) is 0.438. The highest BCUT2D eigenvalue weighted by Gasteiger charge is 2.27. The SMILES string of the molecule is O=S(=O)(NCc1cccnc1-c1cccs1)C1CCCCC1. The van der Waals surface area contributed by atoms with Crippen LogP contribution in [0.15, 0.2) is 35.8 Å². The summed E-state index contributed by atoms with van der Waals surface area (Å²) in [6, 6.07) is 7.77. The first-order chi connectivity index (χ1) is 10.7. The highest BCUT2D eigenvalue weighted by molar-refractivity contribution is 7.90. The smallest absolute Gasteiger partial charge is 0.214 e. The van der Waals surface area contributed by atoms with E-state index in [1.807, 2.05) is 29.6 Å². The minimum Gasteiger partial charge on any atom is -0.255 e. The molecule has 0 radical (unpaired) electrons. The van der Waals surface area contributed by atoms with Gasteiger partial charge in [-0.2, -0.15) is 0 Å². The van der Waals surface area contributed by atoms with Crippen molar-refractivity contribution in [1.29, 1.82) is 0 Å². The average Bonchev–Trinajstić information content (AvgIpc) is 3.08. The number of rotatable bonds is 5. The number of aromatic nitrogens is 1. The molecular formula is C16H20N2O2S2. The minimum absolute atomic E-state index is 0.233. The van der Waals surface area contributed by atoms with Crippen molar-refractivity contribution < 1.29 is 8.42 Å². The van der Waals surface area contributed by atoms with Crippen LogP contribution in [0, 0.1) is 0 Å². The van der Waals surface area contributed by atoms with Crippen molar-refractivity contribution >= 4 is 21.4 Å². The van der Waals surface area contributed by atoms with Crippen molar-refractivity contribution in [1.82, 2.24) is 9.71 Å². The Balaban J connectivity index is 1.74. The van der Waals surface area contributed by atoms with Crippen molar-refractivity contribution in [2.45, 2.75) is 43.9 Å². The lowest BCUT2D eigenvalue weighted by Gasteiger charge is -2.22. The van der Waals surface area contributed by atoms with E-state index < -0.39 is 10.0 Å². The summed E-state index contributed by atoms with van der Waals surface area (Å²) in [6.45, 7) is 0.305. The van der Waals surface area contributed by atoms with E-state index in [-0.39, 0.29) is 5.25 Å². The lowest BCUT2D eigenvalue weighted by atomic mass is 10.0. The van der Waals surface area contributed by atoms with Gasteiger partial charge in [-0.05, 0) is 35.9 Å². The van der Waals surface area contributed by atoms with Gasteiger partial charge in [0.1, 0.15) is 0 Å². The van der Waals surface area contributed by atoms with E-state index in [0.29, 0.717) is 6.54 Å². The van der Waals surface area contributed by atoms with Gasteiger partial charge >= 0.3 is 0 Å². The molecule has 0 spiro atoms. The molecule has 2 aromatic heterocycles. The molecule has 0 bridgehead atoms.